The maximum Gasteiger partial charge on any atom is 0.389 e. The third-order valence-corrected chi connectivity index (χ3v) is 3.14. The highest BCUT2D eigenvalue weighted by Gasteiger charge is 2.22. The van der Waals surface area contributed by atoms with E-state index in [1.807, 2.05) is 6.92 Å². The lowest BCUT2D eigenvalue weighted by Gasteiger charge is -2.13. The zero-order chi connectivity index (χ0) is 17.9. The molecule has 0 aromatic carbocycles. The Morgan fingerprint density at radius 2 is 2.12 bits per heavy atom. The number of nitrogens with zero attached hydrogens (tertiary/aromatic N) is 6. The molecule has 0 saturated heterocycles. The Hall–Kier alpha value is -3.24. The van der Waals surface area contributed by atoms with Crippen LogP contribution in [-0.4, -0.2) is 55.3 Å². The minimum Gasteiger partial charge on any atom is -0.358 e. The minimum absolute atomic E-state index is 0.221. The predicted molar refractivity (Wildman–Crippen MR) is 83.4 cm³/mol. The van der Waals surface area contributed by atoms with Crippen molar-refractivity contribution in [1.82, 2.24) is 24.5 Å². The van der Waals surface area contributed by atoms with E-state index in [4.69, 9.17) is 0 Å². The highest BCUT2D eigenvalue weighted by Crippen LogP contribution is 2.17. The van der Waals surface area contributed by atoms with Crippen LogP contribution in [-0.2, 0) is 17.9 Å². The van der Waals surface area contributed by atoms with Gasteiger partial charge in [-0.05, 0) is 11.8 Å². The fourth-order valence-corrected chi connectivity index (χ4v) is 2.03. The molecule has 0 aliphatic carbocycles. The lowest BCUT2D eigenvalue weighted by atomic mass is 10.3. The molecule has 1 N–H and O–H groups in total. The number of nitro groups is 1. The van der Waals surface area contributed by atoms with Gasteiger partial charge < -0.3 is 20.3 Å². The van der Waals surface area contributed by atoms with E-state index in [9.17, 15) is 19.7 Å². The first-order valence-corrected chi connectivity index (χ1v) is 7.08. The average Bonchev–Trinajstić information content (AvgIpc) is 3.13. The van der Waals surface area contributed by atoms with Crippen molar-refractivity contribution in [3.63, 3.8) is 0 Å². The number of hydrogen-bond acceptors (Lipinski definition) is 6. The van der Waals surface area contributed by atoms with Gasteiger partial charge in [-0.25, -0.2) is 0 Å². The highest BCUT2D eigenvalue weighted by atomic mass is 16.6. The lowest BCUT2D eigenvalue weighted by Crippen LogP contribution is -2.27. The van der Waals surface area contributed by atoms with Crippen LogP contribution in [0.25, 0.3) is 0 Å². The molecule has 0 bridgehead atoms. The topological polar surface area (TPSA) is 128 Å². The summed E-state index contributed by atoms with van der Waals surface area (Å²) in [5.74, 6) is -1.11. The van der Waals surface area contributed by atoms with Crippen molar-refractivity contribution >= 4 is 23.3 Å². The van der Waals surface area contributed by atoms with Crippen LogP contribution < -0.4 is 5.32 Å². The van der Waals surface area contributed by atoms with E-state index < -0.39 is 10.8 Å². The van der Waals surface area contributed by atoms with Gasteiger partial charge in [0.05, 0.1) is 29.2 Å². The molecule has 0 aliphatic rings. The summed E-state index contributed by atoms with van der Waals surface area (Å²) in [6.07, 6.45) is 2.72. The van der Waals surface area contributed by atoms with Crippen LogP contribution in [0.3, 0.4) is 0 Å². The normalized spacial score (nSPS) is 10.5. The van der Waals surface area contributed by atoms with Crippen molar-refractivity contribution in [3.8, 4) is 0 Å². The number of anilines is 1. The molecule has 2 aromatic rings. The monoisotopic (exact) mass is 335 g/mol. The predicted octanol–water partition coefficient (Wildman–Crippen LogP) is 0.348. The van der Waals surface area contributed by atoms with E-state index in [1.165, 1.54) is 28.0 Å². The number of aryl methyl sites for hydroxylation is 1. The number of amides is 2. The molecule has 11 nitrogen and oxygen atoms in total. The van der Waals surface area contributed by atoms with Crippen molar-refractivity contribution in [1.29, 1.82) is 0 Å². The summed E-state index contributed by atoms with van der Waals surface area (Å²) < 4.78 is 2.63. The van der Waals surface area contributed by atoms with Crippen LogP contribution in [0.4, 0.5) is 11.5 Å². The van der Waals surface area contributed by atoms with Crippen molar-refractivity contribution in [2.45, 2.75) is 20.0 Å². The summed E-state index contributed by atoms with van der Waals surface area (Å²) >= 11 is 0. The first-order valence-electron chi connectivity index (χ1n) is 7.08. The zero-order valence-corrected chi connectivity index (χ0v) is 13.5. The van der Waals surface area contributed by atoms with Crippen LogP contribution in [0.2, 0.25) is 0 Å². The Balaban J connectivity index is 2.15. The lowest BCUT2D eigenvalue weighted by molar-refractivity contribution is -0.389. The second-order valence-electron chi connectivity index (χ2n) is 5.10. The number of aromatic nitrogens is 4. The van der Waals surface area contributed by atoms with Gasteiger partial charge in [0.1, 0.15) is 12.2 Å². The summed E-state index contributed by atoms with van der Waals surface area (Å²) in [5, 5.41) is 20.9. The molecule has 11 heteroatoms. The maximum atomic E-state index is 12.2. The standard InChI is InChI=1S/C13H17N7O4/c1-4-19-12(13(22)17(2)3)9(7-14-19)15-11(21)8-18-6-5-10(16-18)20(23)24/h5-7H,4,8H2,1-3H3,(H,15,21). The van der Waals surface area contributed by atoms with Crippen molar-refractivity contribution in [3.05, 3.63) is 34.3 Å². The Bertz CT molecular complexity index is 777. The van der Waals surface area contributed by atoms with E-state index in [0.717, 1.165) is 4.68 Å². The molecule has 0 spiro atoms. The number of nitrogens with one attached hydrogen (secondary N) is 1. The van der Waals surface area contributed by atoms with Crippen LogP contribution in [0.1, 0.15) is 17.4 Å². The third kappa shape index (κ3) is 3.56. The van der Waals surface area contributed by atoms with E-state index in [0.29, 0.717) is 6.54 Å². The molecule has 2 heterocycles. The van der Waals surface area contributed by atoms with Crippen molar-refractivity contribution in [2.75, 3.05) is 19.4 Å². The van der Waals surface area contributed by atoms with Gasteiger partial charge in [0.25, 0.3) is 5.91 Å². The fraction of sp³-hybridized carbons (Fsp3) is 0.385. The van der Waals surface area contributed by atoms with Crippen LogP contribution in [0.5, 0.6) is 0 Å². The molecule has 2 aromatic heterocycles. The van der Waals surface area contributed by atoms with Gasteiger partial charge in [0.2, 0.25) is 5.91 Å². The van der Waals surface area contributed by atoms with E-state index in [-0.39, 0.29) is 29.7 Å². The minimum atomic E-state index is -0.645. The zero-order valence-electron chi connectivity index (χ0n) is 13.5. The van der Waals surface area contributed by atoms with E-state index >= 15 is 0 Å². The molecule has 128 valence electrons. The second kappa shape index (κ2) is 6.89. The summed E-state index contributed by atoms with van der Waals surface area (Å²) in [6, 6.07) is 1.20. The van der Waals surface area contributed by atoms with Crippen molar-refractivity contribution in [2.24, 2.45) is 0 Å². The van der Waals surface area contributed by atoms with E-state index in [1.54, 1.807) is 14.1 Å². The Morgan fingerprint density at radius 1 is 1.42 bits per heavy atom. The molecule has 2 amide bonds. The van der Waals surface area contributed by atoms with Gasteiger partial charge in [-0.1, -0.05) is 0 Å². The number of rotatable bonds is 6. The summed E-state index contributed by atoms with van der Waals surface area (Å²) in [6.45, 7) is 2.07. The van der Waals surface area contributed by atoms with Gasteiger partial charge in [0.15, 0.2) is 0 Å². The van der Waals surface area contributed by atoms with Crippen LogP contribution in [0, 0.1) is 10.1 Å². The molecule has 0 aliphatic heterocycles. The Labute approximate surface area is 137 Å². The van der Waals surface area contributed by atoms with Gasteiger partial charge in [-0.2, -0.15) is 9.78 Å². The molecule has 0 atom stereocenters. The quantitative estimate of drug-likeness (QED) is 0.599. The molecule has 0 fully saturated rings. The van der Waals surface area contributed by atoms with Crippen LogP contribution in [0.15, 0.2) is 18.5 Å². The Morgan fingerprint density at radius 3 is 2.67 bits per heavy atom. The summed E-state index contributed by atoms with van der Waals surface area (Å²) in [4.78, 5) is 35.7. The molecule has 0 unspecified atom stereocenters. The molecular formula is C13H17N7O4. The molecule has 0 radical (unpaired) electrons. The van der Waals surface area contributed by atoms with Gasteiger partial charge in [-0.15, -0.1) is 0 Å². The molecule has 24 heavy (non-hydrogen) atoms. The summed E-state index contributed by atoms with van der Waals surface area (Å²) in [5.41, 5.74) is 0.546. The number of carbonyl (C=O) groups is 2. The number of hydrogen-bond donors (Lipinski definition) is 1. The SMILES string of the molecule is CCn1ncc(NC(=O)Cn2ccc([N+](=O)[O-])n2)c1C(=O)N(C)C. The second-order valence-corrected chi connectivity index (χ2v) is 5.10. The van der Waals surface area contributed by atoms with Gasteiger partial charge in [-0.3, -0.25) is 14.3 Å². The van der Waals surface area contributed by atoms with Gasteiger partial charge in [0, 0.05) is 20.6 Å². The molecule has 0 saturated carbocycles. The van der Waals surface area contributed by atoms with Gasteiger partial charge >= 0.3 is 5.82 Å². The van der Waals surface area contributed by atoms with Crippen molar-refractivity contribution < 1.29 is 14.5 Å². The molecule has 2 rings (SSSR count). The smallest absolute Gasteiger partial charge is 0.358 e. The fourth-order valence-electron chi connectivity index (χ4n) is 2.03. The summed E-state index contributed by atoms with van der Waals surface area (Å²) in [7, 11) is 3.20. The largest absolute Gasteiger partial charge is 0.389 e. The first kappa shape index (κ1) is 17.1. The van der Waals surface area contributed by atoms with E-state index in [2.05, 4.69) is 15.5 Å². The molecular weight excluding hydrogens is 318 g/mol. The first-order chi connectivity index (χ1) is 11.3. The third-order valence-electron chi connectivity index (χ3n) is 3.14. The maximum absolute atomic E-state index is 12.2. The average molecular weight is 335 g/mol. The highest BCUT2D eigenvalue weighted by molar-refractivity contribution is 6.02. The number of carbonyl (C=O) groups excluding carboxylic acids is 2. The van der Waals surface area contributed by atoms with Crippen LogP contribution >= 0.6 is 0 Å². The Kier molecular flexibility index (Phi) is 4.92.